The highest BCUT2D eigenvalue weighted by molar-refractivity contribution is 5.90. The summed E-state index contributed by atoms with van der Waals surface area (Å²) in [6, 6.07) is 15.1. The van der Waals surface area contributed by atoms with Gasteiger partial charge in [0.05, 0.1) is 0 Å². The Morgan fingerprint density at radius 2 is 1.37 bits per heavy atom. The number of carbonyl (C=O) groups is 3. The van der Waals surface area contributed by atoms with E-state index in [1.54, 1.807) is 0 Å². The third kappa shape index (κ3) is 7.03. The molecule has 160 valence electrons. The number of hydrogen-bond acceptors (Lipinski definition) is 3. The van der Waals surface area contributed by atoms with Gasteiger partial charge < -0.3 is 15.7 Å². The minimum atomic E-state index is -1.12. The first kappa shape index (κ1) is 23.1. The van der Waals surface area contributed by atoms with E-state index < -0.39 is 24.0 Å². The highest BCUT2D eigenvalue weighted by Crippen LogP contribution is 2.22. The second kappa shape index (κ2) is 10.1. The van der Waals surface area contributed by atoms with Gasteiger partial charge in [-0.1, -0.05) is 75.4 Å². The molecule has 0 aromatic heterocycles. The number of carbonyl (C=O) groups excluding carboxylic acids is 2. The van der Waals surface area contributed by atoms with Crippen molar-refractivity contribution in [2.45, 2.75) is 58.0 Å². The van der Waals surface area contributed by atoms with Crippen LogP contribution in [0.15, 0.2) is 54.6 Å². The summed E-state index contributed by atoms with van der Waals surface area (Å²) in [5.41, 5.74) is 2.84. The summed E-state index contributed by atoms with van der Waals surface area (Å²) in [5.74, 6) is -1.99. The van der Waals surface area contributed by atoms with Crippen molar-refractivity contribution in [3.63, 3.8) is 0 Å². The Balaban J connectivity index is 2.11. The Hall–Kier alpha value is -3.15. The summed E-state index contributed by atoms with van der Waals surface area (Å²) in [4.78, 5) is 36.1. The van der Waals surface area contributed by atoms with Gasteiger partial charge >= 0.3 is 5.97 Å². The van der Waals surface area contributed by atoms with Crippen molar-refractivity contribution >= 4 is 17.8 Å². The molecule has 0 heterocycles. The largest absolute Gasteiger partial charge is 0.480 e. The fraction of sp³-hybridized carbons (Fsp3) is 0.375. The molecule has 0 spiro atoms. The Kier molecular flexibility index (Phi) is 7.75. The van der Waals surface area contributed by atoms with Crippen LogP contribution in [-0.2, 0) is 32.6 Å². The first-order valence-electron chi connectivity index (χ1n) is 10.00. The number of nitrogens with one attached hydrogen (secondary N) is 2. The van der Waals surface area contributed by atoms with E-state index in [2.05, 4.69) is 31.4 Å². The number of amides is 2. The Morgan fingerprint density at radius 1 is 0.833 bits per heavy atom. The van der Waals surface area contributed by atoms with Crippen LogP contribution in [0.1, 0.15) is 44.4 Å². The molecule has 0 aliphatic heterocycles. The molecule has 0 fully saturated rings. The predicted octanol–water partition coefficient (Wildman–Crippen LogP) is 2.84. The summed E-state index contributed by atoms with van der Waals surface area (Å²) in [5, 5.41) is 14.8. The van der Waals surface area contributed by atoms with Crippen LogP contribution in [0, 0.1) is 0 Å². The standard InChI is InChI=1S/C24H30N2O4/c1-16(27)25-20(14-17-8-6-5-7-9-17)22(28)26-21(23(29)30)15-18-10-12-19(13-11-18)24(2,3)4/h5-13,20-21H,14-15H2,1-4H3,(H,25,27)(H,26,28)(H,29,30)/t20-,21+/m0/s1. The van der Waals surface area contributed by atoms with Crippen molar-refractivity contribution in [3.8, 4) is 0 Å². The molecular weight excluding hydrogens is 380 g/mol. The van der Waals surface area contributed by atoms with Crippen molar-refractivity contribution in [1.29, 1.82) is 0 Å². The molecule has 2 atom stereocenters. The van der Waals surface area contributed by atoms with Crippen LogP contribution >= 0.6 is 0 Å². The van der Waals surface area contributed by atoms with Gasteiger partial charge in [0.1, 0.15) is 12.1 Å². The van der Waals surface area contributed by atoms with Crippen LogP contribution in [-0.4, -0.2) is 35.0 Å². The maximum atomic E-state index is 12.8. The lowest BCUT2D eigenvalue weighted by Gasteiger charge is -2.22. The van der Waals surface area contributed by atoms with Gasteiger partial charge in [0.15, 0.2) is 0 Å². The van der Waals surface area contributed by atoms with Crippen LogP contribution < -0.4 is 10.6 Å². The number of rotatable bonds is 8. The number of carboxylic acids is 1. The zero-order chi connectivity index (χ0) is 22.3. The van der Waals surface area contributed by atoms with E-state index in [9.17, 15) is 19.5 Å². The fourth-order valence-electron chi connectivity index (χ4n) is 3.15. The van der Waals surface area contributed by atoms with E-state index in [-0.39, 0.29) is 24.2 Å². The third-order valence-corrected chi connectivity index (χ3v) is 4.85. The molecule has 2 aromatic carbocycles. The molecule has 0 aliphatic carbocycles. The molecule has 0 saturated heterocycles. The third-order valence-electron chi connectivity index (χ3n) is 4.85. The second-order valence-electron chi connectivity index (χ2n) is 8.49. The predicted molar refractivity (Wildman–Crippen MR) is 116 cm³/mol. The lowest BCUT2D eigenvalue weighted by atomic mass is 9.86. The van der Waals surface area contributed by atoms with Gasteiger partial charge in [-0.2, -0.15) is 0 Å². The van der Waals surface area contributed by atoms with Gasteiger partial charge in [0, 0.05) is 19.8 Å². The first-order valence-corrected chi connectivity index (χ1v) is 10.00. The highest BCUT2D eigenvalue weighted by atomic mass is 16.4. The van der Waals surface area contributed by atoms with Crippen LogP contribution in [0.4, 0.5) is 0 Å². The number of hydrogen-bond donors (Lipinski definition) is 3. The maximum absolute atomic E-state index is 12.8. The topological polar surface area (TPSA) is 95.5 Å². The van der Waals surface area contributed by atoms with Crippen molar-refractivity contribution in [2.24, 2.45) is 0 Å². The van der Waals surface area contributed by atoms with E-state index in [1.165, 1.54) is 6.92 Å². The summed E-state index contributed by atoms with van der Waals surface area (Å²) in [7, 11) is 0. The van der Waals surface area contributed by atoms with Crippen molar-refractivity contribution in [2.75, 3.05) is 0 Å². The van der Waals surface area contributed by atoms with Gasteiger partial charge in [0.25, 0.3) is 0 Å². The number of carboxylic acid groups (broad SMARTS) is 1. The SMILES string of the molecule is CC(=O)N[C@@H](Cc1ccccc1)C(=O)N[C@H](Cc1ccc(C(C)(C)C)cc1)C(=O)O. The minimum Gasteiger partial charge on any atom is -0.480 e. The molecule has 0 saturated carbocycles. The molecule has 6 nitrogen and oxygen atoms in total. The van der Waals surface area contributed by atoms with Crippen LogP contribution in [0.5, 0.6) is 0 Å². The molecule has 3 N–H and O–H groups in total. The molecule has 0 aliphatic rings. The van der Waals surface area contributed by atoms with Gasteiger partial charge in [-0.15, -0.1) is 0 Å². The normalized spacial score (nSPS) is 13.2. The molecule has 0 bridgehead atoms. The van der Waals surface area contributed by atoms with E-state index >= 15 is 0 Å². The van der Waals surface area contributed by atoms with Crippen molar-refractivity contribution in [3.05, 3.63) is 71.3 Å². The van der Waals surface area contributed by atoms with Crippen molar-refractivity contribution in [1.82, 2.24) is 10.6 Å². The van der Waals surface area contributed by atoms with E-state index in [0.29, 0.717) is 0 Å². The van der Waals surface area contributed by atoms with Crippen molar-refractivity contribution < 1.29 is 19.5 Å². The quantitative estimate of drug-likeness (QED) is 0.624. The number of aliphatic carboxylic acids is 1. The Labute approximate surface area is 177 Å². The zero-order valence-electron chi connectivity index (χ0n) is 17.9. The summed E-state index contributed by atoms with van der Waals surface area (Å²) in [6.07, 6.45) is 0.433. The summed E-state index contributed by atoms with van der Waals surface area (Å²) < 4.78 is 0. The van der Waals surface area contributed by atoms with Gasteiger partial charge in [-0.05, 0) is 22.1 Å². The molecule has 2 aromatic rings. The average molecular weight is 411 g/mol. The molecule has 0 radical (unpaired) electrons. The smallest absolute Gasteiger partial charge is 0.326 e. The lowest BCUT2D eigenvalue weighted by Crippen LogP contribution is -2.52. The summed E-state index contributed by atoms with van der Waals surface area (Å²) in [6.45, 7) is 7.66. The van der Waals surface area contributed by atoms with E-state index in [1.807, 2.05) is 54.6 Å². The second-order valence-corrected chi connectivity index (χ2v) is 8.49. The van der Waals surface area contributed by atoms with E-state index in [4.69, 9.17) is 0 Å². The Bertz CT molecular complexity index is 870. The van der Waals surface area contributed by atoms with E-state index in [0.717, 1.165) is 16.7 Å². The number of benzene rings is 2. The Morgan fingerprint density at radius 3 is 1.87 bits per heavy atom. The lowest BCUT2D eigenvalue weighted by molar-refractivity contribution is -0.142. The minimum absolute atomic E-state index is 0.00195. The average Bonchev–Trinajstić information content (AvgIpc) is 2.67. The highest BCUT2D eigenvalue weighted by Gasteiger charge is 2.26. The zero-order valence-corrected chi connectivity index (χ0v) is 17.9. The molecular formula is C24H30N2O4. The molecule has 0 unspecified atom stereocenters. The molecule has 6 heteroatoms. The van der Waals surface area contributed by atoms with Gasteiger partial charge in [-0.3, -0.25) is 9.59 Å². The van der Waals surface area contributed by atoms with Crippen LogP contribution in [0.2, 0.25) is 0 Å². The monoisotopic (exact) mass is 410 g/mol. The summed E-state index contributed by atoms with van der Waals surface area (Å²) >= 11 is 0. The van der Waals surface area contributed by atoms with Gasteiger partial charge in [-0.25, -0.2) is 4.79 Å². The first-order chi connectivity index (χ1) is 14.1. The van der Waals surface area contributed by atoms with Crippen LogP contribution in [0.3, 0.4) is 0 Å². The van der Waals surface area contributed by atoms with Gasteiger partial charge in [0.2, 0.25) is 11.8 Å². The molecule has 2 rings (SSSR count). The molecule has 30 heavy (non-hydrogen) atoms. The maximum Gasteiger partial charge on any atom is 0.326 e. The molecule has 2 amide bonds. The van der Waals surface area contributed by atoms with Crippen LogP contribution in [0.25, 0.3) is 0 Å². The fourth-order valence-corrected chi connectivity index (χ4v) is 3.15.